The highest BCUT2D eigenvalue weighted by Gasteiger charge is 2.31. The minimum atomic E-state index is -0.00824. The smallest absolute Gasteiger partial charge is 0.257 e. The molecule has 1 aliphatic heterocycles. The molecule has 15 heavy (non-hydrogen) atoms. The van der Waals surface area contributed by atoms with Crippen molar-refractivity contribution in [2.75, 3.05) is 13.7 Å². The van der Waals surface area contributed by atoms with Gasteiger partial charge in [0.2, 0.25) is 0 Å². The number of hydrogen-bond donors (Lipinski definition) is 1. The van der Waals surface area contributed by atoms with Gasteiger partial charge in [0.25, 0.3) is 5.91 Å². The summed E-state index contributed by atoms with van der Waals surface area (Å²) in [6.07, 6.45) is 4.17. The summed E-state index contributed by atoms with van der Waals surface area (Å²) in [4.78, 5) is 13.7. The van der Waals surface area contributed by atoms with E-state index >= 15 is 0 Å². The van der Waals surface area contributed by atoms with E-state index in [-0.39, 0.29) is 18.1 Å². The first-order chi connectivity index (χ1) is 7.20. The zero-order valence-electron chi connectivity index (χ0n) is 8.93. The summed E-state index contributed by atoms with van der Waals surface area (Å²) in [6, 6.07) is 0.174. The van der Waals surface area contributed by atoms with Crippen LogP contribution in [0.2, 0.25) is 0 Å². The molecule has 1 fully saturated rings. The number of amides is 1. The minimum absolute atomic E-state index is 0.00824. The van der Waals surface area contributed by atoms with Crippen LogP contribution in [0.1, 0.15) is 23.7 Å². The third kappa shape index (κ3) is 1.87. The summed E-state index contributed by atoms with van der Waals surface area (Å²) in [5, 5.41) is 6.41. The quantitative estimate of drug-likeness (QED) is 0.778. The molecule has 0 saturated carbocycles. The number of nitrogens with one attached hydrogen (secondary N) is 1. The van der Waals surface area contributed by atoms with Crippen molar-refractivity contribution in [1.82, 2.24) is 15.1 Å². The lowest BCUT2D eigenvalue weighted by Gasteiger charge is -2.26. The molecular weight excluding hydrogens is 194 g/mol. The minimum Gasteiger partial charge on any atom is -0.376 e. The van der Waals surface area contributed by atoms with Gasteiger partial charge in [0, 0.05) is 19.9 Å². The highest BCUT2D eigenvalue weighted by atomic mass is 16.5. The zero-order valence-corrected chi connectivity index (χ0v) is 8.93. The van der Waals surface area contributed by atoms with E-state index in [2.05, 4.69) is 10.2 Å². The Hall–Kier alpha value is -1.36. The molecule has 1 saturated heterocycles. The Morgan fingerprint density at radius 1 is 1.73 bits per heavy atom. The maximum absolute atomic E-state index is 11.9. The van der Waals surface area contributed by atoms with Crippen molar-refractivity contribution >= 4 is 5.91 Å². The maximum Gasteiger partial charge on any atom is 0.257 e. The Bertz CT molecular complexity index is 336. The van der Waals surface area contributed by atoms with E-state index in [4.69, 9.17) is 4.74 Å². The van der Waals surface area contributed by atoms with Crippen LogP contribution < -0.4 is 0 Å². The van der Waals surface area contributed by atoms with Gasteiger partial charge in [-0.05, 0) is 13.3 Å². The maximum atomic E-state index is 11.9. The van der Waals surface area contributed by atoms with E-state index < -0.39 is 0 Å². The van der Waals surface area contributed by atoms with Crippen LogP contribution in [0.15, 0.2) is 12.4 Å². The summed E-state index contributed by atoms with van der Waals surface area (Å²) in [7, 11) is 1.81. The second kappa shape index (κ2) is 4.02. The molecule has 0 spiro atoms. The number of aromatic nitrogens is 2. The van der Waals surface area contributed by atoms with Crippen molar-refractivity contribution < 1.29 is 9.53 Å². The standard InChI is InChI=1S/C10H15N3O2/c1-7-9(3-4-15-7)13(2)10(14)8-5-11-12-6-8/h5-7,9H,3-4H2,1-2H3,(H,11,12). The van der Waals surface area contributed by atoms with Crippen LogP contribution in [0.3, 0.4) is 0 Å². The lowest BCUT2D eigenvalue weighted by molar-refractivity contribution is 0.0574. The molecule has 1 aromatic heterocycles. The molecule has 2 heterocycles. The molecule has 0 radical (unpaired) electrons. The van der Waals surface area contributed by atoms with Crippen molar-refractivity contribution in [3.8, 4) is 0 Å². The van der Waals surface area contributed by atoms with Crippen LogP contribution in [0, 0.1) is 0 Å². The van der Waals surface area contributed by atoms with Crippen molar-refractivity contribution in [1.29, 1.82) is 0 Å². The molecule has 0 aliphatic carbocycles. The lowest BCUT2D eigenvalue weighted by Crippen LogP contribution is -2.40. The van der Waals surface area contributed by atoms with Crippen LogP contribution in [-0.2, 0) is 4.74 Å². The van der Waals surface area contributed by atoms with Gasteiger partial charge in [-0.15, -0.1) is 0 Å². The summed E-state index contributed by atoms with van der Waals surface area (Å²) in [6.45, 7) is 2.73. The Kier molecular flexibility index (Phi) is 2.73. The van der Waals surface area contributed by atoms with Gasteiger partial charge in [-0.2, -0.15) is 5.10 Å². The molecule has 1 N–H and O–H groups in total. The van der Waals surface area contributed by atoms with Crippen LogP contribution in [0.4, 0.5) is 0 Å². The molecular formula is C10H15N3O2. The van der Waals surface area contributed by atoms with Crippen molar-refractivity contribution in [3.05, 3.63) is 18.0 Å². The number of hydrogen-bond acceptors (Lipinski definition) is 3. The SMILES string of the molecule is CC1OCCC1N(C)C(=O)c1cn[nH]c1. The molecule has 0 aromatic carbocycles. The third-order valence-electron chi connectivity index (χ3n) is 2.90. The Balaban J connectivity index is 2.07. The van der Waals surface area contributed by atoms with Crippen LogP contribution in [-0.4, -0.2) is 46.8 Å². The topological polar surface area (TPSA) is 58.2 Å². The fourth-order valence-corrected chi connectivity index (χ4v) is 1.95. The fraction of sp³-hybridized carbons (Fsp3) is 0.600. The second-order valence-electron chi connectivity index (χ2n) is 3.83. The van der Waals surface area contributed by atoms with Gasteiger partial charge in [-0.1, -0.05) is 0 Å². The summed E-state index contributed by atoms with van der Waals surface area (Å²) >= 11 is 0. The van der Waals surface area contributed by atoms with Crippen LogP contribution >= 0.6 is 0 Å². The number of H-pyrrole nitrogens is 1. The van der Waals surface area contributed by atoms with E-state index in [1.54, 1.807) is 17.3 Å². The highest BCUT2D eigenvalue weighted by molar-refractivity contribution is 5.93. The molecule has 82 valence electrons. The molecule has 2 unspecified atom stereocenters. The number of rotatable bonds is 2. The molecule has 5 nitrogen and oxygen atoms in total. The second-order valence-corrected chi connectivity index (χ2v) is 3.83. The molecule has 2 rings (SSSR count). The fourth-order valence-electron chi connectivity index (χ4n) is 1.95. The molecule has 1 aromatic rings. The predicted molar refractivity (Wildman–Crippen MR) is 54.5 cm³/mol. The Morgan fingerprint density at radius 3 is 3.07 bits per heavy atom. The summed E-state index contributed by atoms with van der Waals surface area (Å²) < 4.78 is 5.44. The number of aromatic amines is 1. The van der Waals surface area contributed by atoms with Gasteiger partial charge >= 0.3 is 0 Å². The number of carbonyl (C=O) groups excluding carboxylic acids is 1. The Labute approximate surface area is 88.4 Å². The largest absolute Gasteiger partial charge is 0.376 e. The number of likely N-dealkylation sites (N-methyl/N-ethyl adjacent to an activating group) is 1. The van der Waals surface area contributed by atoms with Crippen molar-refractivity contribution in [2.45, 2.75) is 25.5 Å². The van der Waals surface area contributed by atoms with E-state index in [0.717, 1.165) is 13.0 Å². The van der Waals surface area contributed by atoms with E-state index in [1.165, 1.54) is 0 Å². The van der Waals surface area contributed by atoms with Gasteiger partial charge < -0.3 is 9.64 Å². The summed E-state index contributed by atoms with van der Waals surface area (Å²) in [5.41, 5.74) is 0.594. The predicted octanol–water partition coefficient (Wildman–Crippen LogP) is 0.659. The van der Waals surface area contributed by atoms with E-state index in [0.29, 0.717) is 5.56 Å². The average molecular weight is 209 g/mol. The van der Waals surface area contributed by atoms with Gasteiger partial charge in [0.05, 0.1) is 23.9 Å². The number of carbonyl (C=O) groups is 1. The highest BCUT2D eigenvalue weighted by Crippen LogP contribution is 2.19. The molecule has 1 aliphatic rings. The molecule has 2 atom stereocenters. The van der Waals surface area contributed by atoms with Gasteiger partial charge in [0.1, 0.15) is 0 Å². The van der Waals surface area contributed by atoms with Gasteiger partial charge in [-0.25, -0.2) is 0 Å². The normalized spacial score (nSPS) is 25.5. The van der Waals surface area contributed by atoms with Crippen molar-refractivity contribution in [2.24, 2.45) is 0 Å². The van der Waals surface area contributed by atoms with Crippen LogP contribution in [0.5, 0.6) is 0 Å². The average Bonchev–Trinajstić information content (AvgIpc) is 2.85. The third-order valence-corrected chi connectivity index (χ3v) is 2.90. The molecule has 0 bridgehead atoms. The monoisotopic (exact) mass is 209 g/mol. The first-order valence-electron chi connectivity index (χ1n) is 5.07. The number of ether oxygens (including phenoxy) is 1. The van der Waals surface area contributed by atoms with Crippen molar-refractivity contribution in [3.63, 3.8) is 0 Å². The first kappa shape index (κ1) is 10.2. The van der Waals surface area contributed by atoms with Crippen LogP contribution in [0.25, 0.3) is 0 Å². The first-order valence-corrected chi connectivity index (χ1v) is 5.07. The van der Waals surface area contributed by atoms with E-state index in [9.17, 15) is 4.79 Å². The molecule has 5 heteroatoms. The van der Waals surface area contributed by atoms with E-state index in [1.807, 2.05) is 14.0 Å². The lowest BCUT2D eigenvalue weighted by atomic mass is 10.1. The number of nitrogens with zero attached hydrogens (tertiary/aromatic N) is 2. The molecule has 1 amide bonds. The van der Waals surface area contributed by atoms with Gasteiger partial charge in [-0.3, -0.25) is 9.89 Å². The zero-order chi connectivity index (χ0) is 10.8. The van der Waals surface area contributed by atoms with Gasteiger partial charge in [0.15, 0.2) is 0 Å². The summed E-state index contributed by atoms with van der Waals surface area (Å²) in [5.74, 6) is -0.00824. The Morgan fingerprint density at radius 2 is 2.53 bits per heavy atom.